The monoisotopic (exact) mass is 441 g/mol. The van der Waals surface area contributed by atoms with Gasteiger partial charge < -0.3 is 5.32 Å². The minimum absolute atomic E-state index is 0.269. The molecule has 4 nitrogen and oxygen atoms in total. The molecule has 0 radical (unpaired) electrons. The maximum atomic E-state index is 13.1. The van der Waals surface area contributed by atoms with Gasteiger partial charge in [-0.25, -0.2) is 18.7 Å². The zero-order valence-electron chi connectivity index (χ0n) is 15.8. The van der Waals surface area contributed by atoms with Crippen LogP contribution in [0.1, 0.15) is 34.5 Å². The van der Waals surface area contributed by atoms with E-state index in [1.807, 2.05) is 29.0 Å². The first-order valence-electron chi connectivity index (χ1n) is 9.51. The lowest BCUT2D eigenvalue weighted by Crippen LogP contribution is -2.50. The van der Waals surface area contributed by atoms with Crippen LogP contribution >= 0.6 is 22.7 Å². The number of nitrogens with zero attached hydrogens (tertiary/aromatic N) is 2. The first-order chi connectivity index (χ1) is 14.5. The molecule has 152 valence electrons. The molecule has 1 aromatic carbocycles. The number of halogens is 2. The van der Waals surface area contributed by atoms with Crippen LogP contribution in [-0.2, 0) is 6.42 Å². The van der Waals surface area contributed by atoms with Gasteiger partial charge in [0.05, 0.1) is 10.2 Å². The number of hydrogen-bond acceptors (Lipinski definition) is 5. The number of nitrogens with one attached hydrogen (secondary N) is 1. The molecule has 0 bridgehead atoms. The van der Waals surface area contributed by atoms with Crippen molar-refractivity contribution in [2.24, 2.45) is 0 Å². The van der Waals surface area contributed by atoms with E-state index in [-0.39, 0.29) is 18.5 Å². The number of carbonyl (C=O) groups is 1. The highest BCUT2D eigenvalue weighted by molar-refractivity contribution is 7.17. The molecule has 1 aliphatic rings. The van der Waals surface area contributed by atoms with Gasteiger partial charge in [0.1, 0.15) is 10.7 Å². The molecule has 3 aromatic heterocycles. The van der Waals surface area contributed by atoms with E-state index in [9.17, 15) is 13.6 Å². The van der Waals surface area contributed by atoms with Crippen molar-refractivity contribution in [1.82, 2.24) is 15.3 Å². The Bertz CT molecular complexity index is 1200. The minimum atomic E-state index is -2.67. The molecule has 4 aromatic rings. The Kier molecular flexibility index (Phi) is 4.83. The second-order valence-electron chi connectivity index (χ2n) is 7.45. The number of thiazole rings is 1. The Balaban J connectivity index is 1.38. The summed E-state index contributed by atoms with van der Waals surface area (Å²) >= 11 is 3.18. The molecule has 1 amide bonds. The molecule has 8 heteroatoms. The number of amides is 1. The quantitative estimate of drug-likeness (QED) is 0.443. The second kappa shape index (κ2) is 7.52. The number of fused-ring (bicyclic) bond motifs is 1. The van der Waals surface area contributed by atoms with Crippen molar-refractivity contribution in [2.75, 3.05) is 0 Å². The molecule has 1 saturated carbocycles. The molecular weight excluding hydrogens is 424 g/mol. The highest BCUT2D eigenvalue weighted by Gasteiger charge is 2.46. The molecule has 3 heterocycles. The van der Waals surface area contributed by atoms with Crippen LogP contribution in [0, 0.1) is 0 Å². The Morgan fingerprint density at radius 2 is 1.93 bits per heavy atom. The Labute approximate surface area is 179 Å². The summed E-state index contributed by atoms with van der Waals surface area (Å²) in [7, 11) is 0. The molecule has 0 unspecified atom stereocenters. The normalized spacial score (nSPS) is 15.8. The van der Waals surface area contributed by atoms with Crippen molar-refractivity contribution in [3.8, 4) is 10.6 Å². The summed E-state index contributed by atoms with van der Waals surface area (Å²) in [4.78, 5) is 21.4. The summed E-state index contributed by atoms with van der Waals surface area (Å²) in [6, 6.07) is 11.4. The SMILES string of the molecule is O=C(NC1CC(F)(F)C1)c1cc(Cc2ccc(-c3nccs3)cc2)c2sccc2n1. The van der Waals surface area contributed by atoms with Gasteiger partial charge in [-0.1, -0.05) is 24.3 Å². The van der Waals surface area contributed by atoms with Crippen LogP contribution in [-0.4, -0.2) is 27.8 Å². The lowest BCUT2D eigenvalue weighted by molar-refractivity contribution is -0.0901. The van der Waals surface area contributed by atoms with Crippen LogP contribution in [0.5, 0.6) is 0 Å². The molecule has 0 atom stereocenters. The van der Waals surface area contributed by atoms with E-state index < -0.39 is 17.9 Å². The van der Waals surface area contributed by atoms with Crippen LogP contribution in [0.4, 0.5) is 8.78 Å². The van der Waals surface area contributed by atoms with Crippen molar-refractivity contribution in [1.29, 1.82) is 0 Å². The topological polar surface area (TPSA) is 54.9 Å². The van der Waals surface area contributed by atoms with Gasteiger partial charge in [-0.2, -0.15) is 0 Å². The fourth-order valence-corrected chi connectivity index (χ4v) is 5.14. The second-order valence-corrected chi connectivity index (χ2v) is 9.26. The standard InChI is InChI=1S/C22H17F2N3OS2/c23-22(24)11-16(12-22)26-20(28)18-10-15(19-17(27-18)5-7-29-19)9-13-1-3-14(4-2-13)21-25-6-8-30-21/h1-8,10,16H,9,11-12H2,(H,26,28). The number of pyridine rings is 1. The molecule has 30 heavy (non-hydrogen) atoms. The number of alkyl halides is 2. The maximum absolute atomic E-state index is 13.1. The number of aromatic nitrogens is 2. The zero-order chi connectivity index (χ0) is 20.7. The van der Waals surface area contributed by atoms with E-state index in [1.165, 1.54) is 0 Å². The molecule has 1 aliphatic carbocycles. The molecule has 5 rings (SSSR count). The van der Waals surface area contributed by atoms with Crippen molar-refractivity contribution in [3.63, 3.8) is 0 Å². The van der Waals surface area contributed by atoms with Gasteiger partial charge in [-0.3, -0.25) is 4.79 Å². The Morgan fingerprint density at radius 1 is 1.13 bits per heavy atom. The summed E-state index contributed by atoms with van der Waals surface area (Å²) in [5.74, 6) is -3.07. The first kappa shape index (κ1) is 19.3. The number of benzene rings is 1. The lowest BCUT2D eigenvalue weighted by Gasteiger charge is -2.35. The summed E-state index contributed by atoms with van der Waals surface area (Å²) in [6.45, 7) is 0. The molecular formula is C22H17F2N3OS2. The van der Waals surface area contributed by atoms with Crippen molar-refractivity contribution >= 4 is 38.8 Å². The van der Waals surface area contributed by atoms with Crippen LogP contribution in [0.25, 0.3) is 20.8 Å². The molecule has 1 fully saturated rings. The lowest BCUT2D eigenvalue weighted by atomic mass is 9.88. The van der Waals surface area contributed by atoms with Crippen molar-refractivity contribution in [3.05, 3.63) is 70.2 Å². The number of carbonyl (C=O) groups excluding carboxylic acids is 1. The van der Waals surface area contributed by atoms with E-state index in [4.69, 9.17) is 0 Å². The average molecular weight is 442 g/mol. The van der Waals surface area contributed by atoms with Gasteiger partial charge in [0.25, 0.3) is 11.8 Å². The third-order valence-corrected chi connectivity index (χ3v) is 6.98. The van der Waals surface area contributed by atoms with E-state index >= 15 is 0 Å². The smallest absolute Gasteiger partial charge is 0.270 e. The molecule has 0 saturated heterocycles. The van der Waals surface area contributed by atoms with Gasteiger partial charge in [0.2, 0.25) is 0 Å². The number of thiophene rings is 1. The van der Waals surface area contributed by atoms with Crippen molar-refractivity contribution < 1.29 is 13.6 Å². The van der Waals surface area contributed by atoms with Gasteiger partial charge >= 0.3 is 0 Å². The average Bonchev–Trinajstić information content (AvgIpc) is 3.39. The highest BCUT2D eigenvalue weighted by atomic mass is 32.1. The summed E-state index contributed by atoms with van der Waals surface area (Å²) in [5.41, 5.74) is 4.20. The zero-order valence-corrected chi connectivity index (χ0v) is 17.4. The fourth-order valence-electron chi connectivity index (χ4n) is 3.64. The predicted octanol–water partition coefficient (Wildman–Crippen LogP) is 5.54. The molecule has 0 aliphatic heterocycles. The fraction of sp³-hybridized carbons (Fsp3) is 0.227. The molecule has 0 spiro atoms. The summed E-state index contributed by atoms with van der Waals surface area (Å²) in [5, 5.41) is 7.55. The predicted molar refractivity (Wildman–Crippen MR) is 115 cm³/mol. The van der Waals surface area contributed by atoms with Gasteiger partial charge in [-0.05, 0) is 35.1 Å². The van der Waals surface area contributed by atoms with Crippen LogP contribution in [0.2, 0.25) is 0 Å². The third-order valence-electron chi connectivity index (χ3n) is 5.17. The molecule has 1 N–H and O–H groups in total. The minimum Gasteiger partial charge on any atom is -0.348 e. The largest absolute Gasteiger partial charge is 0.348 e. The Hall–Kier alpha value is -2.71. The van der Waals surface area contributed by atoms with Crippen molar-refractivity contribution in [2.45, 2.75) is 31.2 Å². The maximum Gasteiger partial charge on any atom is 0.270 e. The van der Waals surface area contributed by atoms with Gasteiger partial charge in [-0.15, -0.1) is 22.7 Å². The van der Waals surface area contributed by atoms with Crippen LogP contribution < -0.4 is 5.32 Å². The van der Waals surface area contributed by atoms with Gasteiger partial charge in [0, 0.05) is 36.0 Å². The summed E-state index contributed by atoms with van der Waals surface area (Å²) < 4.78 is 27.2. The van der Waals surface area contributed by atoms with E-state index in [1.54, 1.807) is 34.9 Å². The van der Waals surface area contributed by atoms with E-state index in [0.717, 1.165) is 31.9 Å². The third kappa shape index (κ3) is 3.85. The van der Waals surface area contributed by atoms with E-state index in [0.29, 0.717) is 6.42 Å². The van der Waals surface area contributed by atoms with Crippen LogP contribution in [0.15, 0.2) is 53.4 Å². The number of hydrogen-bond donors (Lipinski definition) is 1. The first-order valence-corrected chi connectivity index (χ1v) is 11.3. The van der Waals surface area contributed by atoms with Crippen LogP contribution in [0.3, 0.4) is 0 Å². The number of rotatable bonds is 5. The Morgan fingerprint density at radius 3 is 2.63 bits per heavy atom. The van der Waals surface area contributed by atoms with Gasteiger partial charge in [0.15, 0.2) is 0 Å². The highest BCUT2D eigenvalue weighted by Crippen LogP contribution is 2.37. The summed E-state index contributed by atoms with van der Waals surface area (Å²) in [6.07, 6.45) is 1.82. The van der Waals surface area contributed by atoms with E-state index in [2.05, 4.69) is 27.4 Å².